The van der Waals surface area contributed by atoms with E-state index in [0.29, 0.717) is 5.41 Å². The van der Waals surface area contributed by atoms with Crippen LogP contribution in [0.2, 0.25) is 0 Å². The quantitative estimate of drug-likeness (QED) is 0.448. The molecule has 0 fully saturated rings. The molecule has 0 aromatic carbocycles. The Kier molecular flexibility index (Phi) is 1.21. The molecule has 0 aliphatic heterocycles. The first kappa shape index (κ1) is 6.45. The van der Waals surface area contributed by atoms with Crippen molar-refractivity contribution < 1.29 is 0 Å². The minimum absolute atomic E-state index is 0.575. The summed E-state index contributed by atoms with van der Waals surface area (Å²) >= 11 is 0. The first-order valence-corrected chi connectivity index (χ1v) is 4.41. The summed E-state index contributed by atoms with van der Waals surface area (Å²) in [6.45, 7) is 4.81. The average Bonchev–Trinajstić information content (AvgIpc) is 1.73. The van der Waals surface area contributed by atoms with Gasteiger partial charge in [0.05, 0.1) is 0 Å². The fourth-order valence-electron chi connectivity index (χ4n) is 2.41. The zero-order valence-corrected chi connectivity index (χ0v) is 7.04. The van der Waals surface area contributed by atoms with Gasteiger partial charge in [0.2, 0.25) is 0 Å². The predicted octanol–water partition coefficient (Wildman–Crippen LogP) is 3.29. The number of hydrogen-bond donors (Lipinski definition) is 0. The highest BCUT2D eigenvalue weighted by atomic mass is 14.4. The van der Waals surface area contributed by atoms with Gasteiger partial charge in [0, 0.05) is 0 Å². The first-order valence-electron chi connectivity index (χ1n) is 4.41. The highest BCUT2D eigenvalue weighted by Gasteiger charge is 2.33. The van der Waals surface area contributed by atoms with Crippen LogP contribution in [0.15, 0.2) is 11.1 Å². The Labute approximate surface area is 63.3 Å². The molecular weight excluding hydrogens is 120 g/mol. The normalized spacial score (nSPS) is 29.4. The van der Waals surface area contributed by atoms with Crippen LogP contribution >= 0.6 is 0 Å². The van der Waals surface area contributed by atoms with E-state index in [-0.39, 0.29) is 0 Å². The van der Waals surface area contributed by atoms with Crippen LogP contribution in [0.4, 0.5) is 0 Å². The van der Waals surface area contributed by atoms with E-state index in [4.69, 9.17) is 0 Å². The number of hydrogen-bond acceptors (Lipinski definition) is 0. The van der Waals surface area contributed by atoms with Crippen LogP contribution < -0.4 is 0 Å². The lowest BCUT2D eigenvalue weighted by molar-refractivity contribution is 0.326. The molecule has 0 amide bonds. The van der Waals surface area contributed by atoms with Gasteiger partial charge in [-0.1, -0.05) is 25.0 Å². The van der Waals surface area contributed by atoms with Gasteiger partial charge in [-0.3, -0.25) is 0 Å². The molecule has 0 radical (unpaired) electrons. The third-order valence-electron chi connectivity index (χ3n) is 3.20. The molecular formula is C10H16. The summed E-state index contributed by atoms with van der Waals surface area (Å²) in [4.78, 5) is 0. The maximum Gasteiger partial charge on any atom is -0.0142 e. The summed E-state index contributed by atoms with van der Waals surface area (Å²) in [5.74, 6) is 0. The van der Waals surface area contributed by atoms with Crippen molar-refractivity contribution in [2.75, 3.05) is 0 Å². The van der Waals surface area contributed by atoms with Gasteiger partial charge >= 0.3 is 0 Å². The van der Waals surface area contributed by atoms with Crippen LogP contribution in [0.5, 0.6) is 0 Å². The minimum atomic E-state index is 0.575. The average molecular weight is 136 g/mol. The van der Waals surface area contributed by atoms with Crippen LogP contribution in [0.25, 0.3) is 0 Å². The van der Waals surface area contributed by atoms with Crippen molar-refractivity contribution in [2.24, 2.45) is 5.41 Å². The second-order valence-corrected chi connectivity index (χ2v) is 4.32. The Morgan fingerprint density at radius 2 is 1.90 bits per heavy atom. The van der Waals surface area contributed by atoms with Gasteiger partial charge in [0.25, 0.3) is 0 Å². The van der Waals surface area contributed by atoms with Crippen LogP contribution in [0.3, 0.4) is 0 Å². The van der Waals surface area contributed by atoms with E-state index in [1.165, 1.54) is 32.1 Å². The fourth-order valence-corrected chi connectivity index (χ4v) is 2.41. The van der Waals surface area contributed by atoms with Crippen LogP contribution in [0.1, 0.15) is 46.0 Å². The summed E-state index contributed by atoms with van der Waals surface area (Å²) in [7, 11) is 0. The van der Waals surface area contributed by atoms with Gasteiger partial charge in [-0.05, 0) is 37.5 Å². The Hall–Kier alpha value is -0.260. The molecule has 0 N–H and O–H groups in total. The highest BCUT2D eigenvalue weighted by molar-refractivity contribution is 5.31. The molecule has 0 nitrogen and oxygen atoms in total. The van der Waals surface area contributed by atoms with Crippen LogP contribution in [-0.4, -0.2) is 0 Å². The van der Waals surface area contributed by atoms with Crippen molar-refractivity contribution in [3.63, 3.8) is 0 Å². The molecule has 0 bridgehead atoms. The zero-order valence-electron chi connectivity index (χ0n) is 7.04. The summed E-state index contributed by atoms with van der Waals surface area (Å²) in [5.41, 5.74) is 4.18. The lowest BCUT2D eigenvalue weighted by atomic mass is 9.64. The molecule has 0 unspecified atom stereocenters. The predicted molar refractivity (Wildman–Crippen MR) is 43.9 cm³/mol. The minimum Gasteiger partial charge on any atom is -0.0701 e. The molecule has 0 heteroatoms. The van der Waals surface area contributed by atoms with E-state index in [9.17, 15) is 0 Å². The Morgan fingerprint density at radius 3 is 2.30 bits per heavy atom. The Morgan fingerprint density at radius 1 is 1.10 bits per heavy atom. The van der Waals surface area contributed by atoms with Gasteiger partial charge in [0.1, 0.15) is 0 Å². The molecule has 0 heterocycles. The summed E-state index contributed by atoms with van der Waals surface area (Å²) < 4.78 is 0. The van der Waals surface area contributed by atoms with E-state index in [2.05, 4.69) is 13.8 Å². The van der Waals surface area contributed by atoms with Crippen molar-refractivity contribution in [1.82, 2.24) is 0 Å². The molecule has 2 aliphatic rings. The van der Waals surface area contributed by atoms with Gasteiger partial charge < -0.3 is 0 Å². The molecule has 10 heavy (non-hydrogen) atoms. The maximum atomic E-state index is 2.40. The van der Waals surface area contributed by atoms with Crippen molar-refractivity contribution in [1.29, 1.82) is 0 Å². The van der Waals surface area contributed by atoms with Crippen molar-refractivity contribution in [3.8, 4) is 0 Å². The number of rotatable bonds is 0. The highest BCUT2D eigenvalue weighted by Crippen LogP contribution is 2.49. The molecule has 0 saturated heterocycles. The topological polar surface area (TPSA) is 0 Å². The smallest absolute Gasteiger partial charge is 0.0142 e. The lowest BCUT2D eigenvalue weighted by Crippen LogP contribution is -2.26. The lowest BCUT2D eigenvalue weighted by Gasteiger charge is -2.41. The van der Waals surface area contributed by atoms with E-state index >= 15 is 0 Å². The van der Waals surface area contributed by atoms with Crippen LogP contribution in [-0.2, 0) is 0 Å². The third-order valence-corrected chi connectivity index (χ3v) is 3.20. The fraction of sp³-hybridized carbons (Fsp3) is 0.800. The molecule has 2 aliphatic carbocycles. The largest absolute Gasteiger partial charge is 0.0701 e. The Bertz CT molecular complexity index is 184. The molecule has 0 aromatic rings. The second-order valence-electron chi connectivity index (χ2n) is 4.32. The van der Waals surface area contributed by atoms with Gasteiger partial charge in [-0.15, -0.1) is 0 Å². The summed E-state index contributed by atoms with van der Waals surface area (Å²) in [6.07, 6.45) is 7.09. The first-order chi connectivity index (χ1) is 4.70. The van der Waals surface area contributed by atoms with E-state index in [1.54, 1.807) is 11.1 Å². The SMILES string of the molecule is CC1(C)CCCC2=C1CC2. The molecule has 0 spiro atoms. The maximum absolute atomic E-state index is 2.40. The van der Waals surface area contributed by atoms with E-state index < -0.39 is 0 Å². The second kappa shape index (κ2) is 1.87. The van der Waals surface area contributed by atoms with Gasteiger partial charge in [0.15, 0.2) is 0 Å². The molecule has 56 valence electrons. The zero-order chi connectivity index (χ0) is 7.19. The third kappa shape index (κ3) is 0.744. The van der Waals surface area contributed by atoms with Gasteiger partial charge in [-0.2, -0.15) is 0 Å². The standard InChI is InChI=1S/C10H16/c1-10(2)7-3-4-8-5-6-9(8)10/h3-7H2,1-2H3. The number of allylic oxidation sites excluding steroid dienone is 2. The van der Waals surface area contributed by atoms with Crippen molar-refractivity contribution in [2.45, 2.75) is 46.0 Å². The van der Waals surface area contributed by atoms with E-state index in [1.807, 2.05) is 0 Å². The molecule has 2 rings (SSSR count). The molecule has 0 saturated carbocycles. The monoisotopic (exact) mass is 136 g/mol. The van der Waals surface area contributed by atoms with E-state index in [0.717, 1.165) is 0 Å². The summed E-state index contributed by atoms with van der Waals surface area (Å²) in [5, 5.41) is 0. The molecule has 0 atom stereocenters. The molecule has 0 aromatic heterocycles. The van der Waals surface area contributed by atoms with Gasteiger partial charge in [-0.25, -0.2) is 0 Å². The Balaban J connectivity index is 2.31. The summed E-state index contributed by atoms with van der Waals surface area (Å²) in [6, 6.07) is 0. The van der Waals surface area contributed by atoms with Crippen LogP contribution in [0, 0.1) is 5.41 Å². The van der Waals surface area contributed by atoms with Crippen molar-refractivity contribution >= 4 is 0 Å². The van der Waals surface area contributed by atoms with Crippen molar-refractivity contribution in [3.05, 3.63) is 11.1 Å².